The summed E-state index contributed by atoms with van der Waals surface area (Å²) in [6.07, 6.45) is 4.01. The molecule has 0 aromatic heterocycles. The van der Waals surface area contributed by atoms with Crippen molar-refractivity contribution in [3.05, 3.63) is 0 Å². The van der Waals surface area contributed by atoms with Crippen molar-refractivity contribution in [1.82, 2.24) is 4.90 Å². The van der Waals surface area contributed by atoms with E-state index in [0.717, 1.165) is 38.8 Å². The molecule has 0 bridgehead atoms. The van der Waals surface area contributed by atoms with E-state index in [2.05, 4.69) is 4.90 Å². The van der Waals surface area contributed by atoms with Gasteiger partial charge in [-0.3, -0.25) is 4.79 Å². The molecule has 0 amide bonds. The highest BCUT2D eigenvalue weighted by Gasteiger charge is 2.32. The average Bonchev–Trinajstić information content (AvgIpc) is 2.29. The van der Waals surface area contributed by atoms with Crippen LogP contribution < -0.4 is 0 Å². The molecule has 1 N–H and O–H groups in total. The molecule has 2 atom stereocenters. The first-order valence-corrected chi connectivity index (χ1v) is 6.17. The maximum Gasteiger partial charge on any atom is 0.308 e. The molecular weight excluding hydrogens is 206 g/mol. The van der Waals surface area contributed by atoms with Crippen molar-refractivity contribution in [2.24, 2.45) is 5.92 Å². The van der Waals surface area contributed by atoms with Crippen molar-refractivity contribution in [2.45, 2.75) is 38.6 Å². The molecule has 0 saturated heterocycles. The first-order chi connectivity index (χ1) is 7.66. The van der Waals surface area contributed by atoms with Gasteiger partial charge in [-0.2, -0.15) is 0 Å². The van der Waals surface area contributed by atoms with Crippen molar-refractivity contribution in [2.75, 3.05) is 26.8 Å². The summed E-state index contributed by atoms with van der Waals surface area (Å²) in [7, 11) is 2.00. The topological polar surface area (TPSA) is 49.8 Å². The van der Waals surface area contributed by atoms with Gasteiger partial charge in [0.2, 0.25) is 0 Å². The van der Waals surface area contributed by atoms with E-state index in [4.69, 9.17) is 4.74 Å². The SMILES string of the molecule is CCOCCN(C)C1CCCCC1C(=O)O. The second-order valence-corrected chi connectivity index (χ2v) is 4.47. The minimum absolute atomic E-state index is 0.187. The van der Waals surface area contributed by atoms with E-state index >= 15 is 0 Å². The summed E-state index contributed by atoms with van der Waals surface area (Å²) in [5.41, 5.74) is 0. The minimum atomic E-state index is -0.645. The molecule has 1 aliphatic rings. The van der Waals surface area contributed by atoms with Crippen LogP contribution in [0.2, 0.25) is 0 Å². The molecule has 0 radical (unpaired) electrons. The summed E-state index contributed by atoms with van der Waals surface area (Å²) in [5, 5.41) is 9.17. The summed E-state index contributed by atoms with van der Waals surface area (Å²) >= 11 is 0. The molecule has 0 aliphatic heterocycles. The van der Waals surface area contributed by atoms with Crippen LogP contribution in [-0.2, 0) is 9.53 Å². The molecular formula is C12H23NO3. The third-order valence-corrected chi connectivity index (χ3v) is 3.41. The van der Waals surface area contributed by atoms with Crippen molar-refractivity contribution < 1.29 is 14.6 Å². The van der Waals surface area contributed by atoms with E-state index in [1.165, 1.54) is 0 Å². The molecule has 1 fully saturated rings. The second-order valence-electron chi connectivity index (χ2n) is 4.47. The van der Waals surface area contributed by atoms with Crippen LogP contribution in [0.3, 0.4) is 0 Å². The van der Waals surface area contributed by atoms with Gasteiger partial charge in [0.1, 0.15) is 0 Å². The minimum Gasteiger partial charge on any atom is -0.481 e. The highest BCUT2D eigenvalue weighted by Crippen LogP contribution is 2.27. The average molecular weight is 229 g/mol. The zero-order valence-corrected chi connectivity index (χ0v) is 10.3. The molecule has 94 valence electrons. The normalized spacial score (nSPS) is 25.9. The van der Waals surface area contributed by atoms with E-state index in [-0.39, 0.29) is 12.0 Å². The molecule has 1 saturated carbocycles. The highest BCUT2D eigenvalue weighted by molar-refractivity contribution is 5.71. The van der Waals surface area contributed by atoms with Gasteiger partial charge in [0, 0.05) is 19.2 Å². The van der Waals surface area contributed by atoms with Gasteiger partial charge in [0.05, 0.1) is 12.5 Å². The fourth-order valence-corrected chi connectivity index (χ4v) is 2.45. The van der Waals surface area contributed by atoms with Crippen LogP contribution in [0.4, 0.5) is 0 Å². The van der Waals surface area contributed by atoms with Crippen LogP contribution in [0.25, 0.3) is 0 Å². The van der Waals surface area contributed by atoms with Crippen LogP contribution in [-0.4, -0.2) is 48.8 Å². The van der Waals surface area contributed by atoms with Gasteiger partial charge >= 0.3 is 5.97 Å². The number of ether oxygens (including phenoxy) is 1. The lowest BCUT2D eigenvalue weighted by molar-refractivity contribution is -0.145. The maximum absolute atomic E-state index is 11.1. The second kappa shape index (κ2) is 6.86. The Morgan fingerprint density at radius 1 is 1.44 bits per heavy atom. The first-order valence-electron chi connectivity index (χ1n) is 6.17. The van der Waals surface area contributed by atoms with Gasteiger partial charge in [0.15, 0.2) is 0 Å². The number of carbonyl (C=O) groups is 1. The number of hydrogen-bond donors (Lipinski definition) is 1. The number of rotatable bonds is 6. The van der Waals surface area contributed by atoms with Gasteiger partial charge < -0.3 is 14.7 Å². The van der Waals surface area contributed by atoms with E-state index in [9.17, 15) is 9.90 Å². The summed E-state index contributed by atoms with van der Waals surface area (Å²) in [4.78, 5) is 13.3. The van der Waals surface area contributed by atoms with Crippen LogP contribution in [0.15, 0.2) is 0 Å². The Morgan fingerprint density at radius 2 is 2.12 bits per heavy atom. The number of carboxylic acids is 1. The predicted molar refractivity (Wildman–Crippen MR) is 62.5 cm³/mol. The smallest absolute Gasteiger partial charge is 0.308 e. The van der Waals surface area contributed by atoms with Crippen molar-refractivity contribution >= 4 is 5.97 Å². The number of nitrogens with zero attached hydrogens (tertiary/aromatic N) is 1. The Balaban J connectivity index is 2.43. The Kier molecular flexibility index (Phi) is 5.77. The van der Waals surface area contributed by atoms with E-state index in [1.807, 2.05) is 14.0 Å². The number of likely N-dealkylation sites (N-methyl/N-ethyl adjacent to an activating group) is 1. The molecule has 16 heavy (non-hydrogen) atoms. The van der Waals surface area contributed by atoms with E-state index in [0.29, 0.717) is 6.61 Å². The Bertz CT molecular complexity index is 220. The molecule has 1 aliphatic carbocycles. The van der Waals surface area contributed by atoms with E-state index < -0.39 is 5.97 Å². The number of aliphatic carboxylic acids is 1. The lowest BCUT2D eigenvalue weighted by atomic mass is 9.84. The highest BCUT2D eigenvalue weighted by atomic mass is 16.5. The Labute approximate surface area is 97.6 Å². The Hall–Kier alpha value is -0.610. The monoisotopic (exact) mass is 229 g/mol. The lowest BCUT2D eigenvalue weighted by Crippen LogP contribution is -2.44. The maximum atomic E-state index is 11.1. The van der Waals surface area contributed by atoms with Gasteiger partial charge in [-0.05, 0) is 26.8 Å². The molecule has 2 unspecified atom stereocenters. The van der Waals surface area contributed by atoms with Gasteiger partial charge in [-0.1, -0.05) is 12.8 Å². The third-order valence-electron chi connectivity index (χ3n) is 3.41. The van der Waals surface area contributed by atoms with Crippen LogP contribution in [0.5, 0.6) is 0 Å². The quantitative estimate of drug-likeness (QED) is 0.703. The third kappa shape index (κ3) is 3.76. The summed E-state index contributed by atoms with van der Waals surface area (Å²) in [6.45, 7) is 4.21. The fourth-order valence-electron chi connectivity index (χ4n) is 2.45. The zero-order valence-electron chi connectivity index (χ0n) is 10.3. The molecule has 4 heteroatoms. The predicted octanol–water partition coefficient (Wildman–Crippen LogP) is 1.60. The number of hydrogen-bond acceptors (Lipinski definition) is 3. The summed E-state index contributed by atoms with van der Waals surface area (Å²) in [6, 6.07) is 0.187. The molecule has 0 spiro atoms. The molecule has 4 nitrogen and oxygen atoms in total. The van der Waals surface area contributed by atoms with Crippen molar-refractivity contribution in [1.29, 1.82) is 0 Å². The Morgan fingerprint density at radius 3 is 2.75 bits per heavy atom. The van der Waals surface area contributed by atoms with Crippen LogP contribution in [0.1, 0.15) is 32.6 Å². The van der Waals surface area contributed by atoms with Crippen LogP contribution in [0, 0.1) is 5.92 Å². The first kappa shape index (κ1) is 13.5. The largest absolute Gasteiger partial charge is 0.481 e. The summed E-state index contributed by atoms with van der Waals surface area (Å²) < 4.78 is 5.30. The van der Waals surface area contributed by atoms with Gasteiger partial charge in [-0.15, -0.1) is 0 Å². The van der Waals surface area contributed by atoms with Gasteiger partial charge in [-0.25, -0.2) is 0 Å². The summed E-state index contributed by atoms with van der Waals surface area (Å²) in [5.74, 6) is -0.840. The standard InChI is InChI=1S/C12H23NO3/c1-3-16-9-8-13(2)11-7-5-4-6-10(11)12(14)15/h10-11H,3-9H2,1-2H3,(H,14,15). The molecule has 0 aromatic rings. The van der Waals surface area contributed by atoms with Crippen molar-refractivity contribution in [3.8, 4) is 0 Å². The number of carboxylic acid groups (broad SMARTS) is 1. The zero-order chi connectivity index (χ0) is 12.0. The fraction of sp³-hybridized carbons (Fsp3) is 0.917. The molecule has 1 rings (SSSR count). The lowest BCUT2D eigenvalue weighted by Gasteiger charge is -2.35. The molecule has 0 aromatic carbocycles. The van der Waals surface area contributed by atoms with E-state index in [1.54, 1.807) is 0 Å². The van der Waals surface area contributed by atoms with Crippen molar-refractivity contribution in [3.63, 3.8) is 0 Å². The van der Waals surface area contributed by atoms with Gasteiger partial charge in [0.25, 0.3) is 0 Å². The molecule has 0 heterocycles. The van der Waals surface area contributed by atoms with Crippen LogP contribution >= 0.6 is 0 Å².